The van der Waals surface area contributed by atoms with Gasteiger partial charge in [-0.2, -0.15) is 17.9 Å². The third-order valence-corrected chi connectivity index (χ3v) is 6.03. The Bertz CT molecular complexity index is 1320. The van der Waals surface area contributed by atoms with Crippen molar-refractivity contribution in [2.24, 2.45) is 5.14 Å². The summed E-state index contributed by atoms with van der Waals surface area (Å²) < 4.78 is 129. The highest BCUT2D eigenvalue weighted by molar-refractivity contribution is 7.90. The summed E-state index contributed by atoms with van der Waals surface area (Å²) in [4.78, 5) is -2.24. The highest BCUT2D eigenvalue weighted by Crippen LogP contribution is 2.39. The second-order valence-corrected chi connectivity index (χ2v) is 8.73. The summed E-state index contributed by atoms with van der Waals surface area (Å²) in [6, 6.07) is -2.66. The number of nitrogens with one attached hydrogen (secondary N) is 2. The van der Waals surface area contributed by atoms with Gasteiger partial charge in [-0.25, -0.2) is 22.0 Å². The van der Waals surface area contributed by atoms with Crippen LogP contribution in [0.1, 0.15) is 18.0 Å². The lowest BCUT2D eigenvalue weighted by atomic mass is 10.1. The van der Waals surface area contributed by atoms with Crippen LogP contribution in [0, 0.1) is 0 Å². The second kappa shape index (κ2) is 6.48. The normalized spacial score (nSPS) is 21.8. The molecule has 1 heterocycles. The molecule has 27 heavy (non-hydrogen) atoms. The summed E-state index contributed by atoms with van der Waals surface area (Å²) in [7, 11) is -9.50. The summed E-state index contributed by atoms with van der Waals surface area (Å²) in [5.74, 6) is 0. The van der Waals surface area contributed by atoms with Crippen molar-refractivity contribution in [3.63, 3.8) is 0 Å². The van der Waals surface area contributed by atoms with Crippen LogP contribution >= 0.6 is 0 Å². The molecule has 0 radical (unpaired) electrons. The quantitative estimate of drug-likeness (QED) is 0.689. The summed E-state index contributed by atoms with van der Waals surface area (Å²) in [6.45, 7) is 0. The fourth-order valence-electron chi connectivity index (χ4n) is 2.50. The monoisotopic (exact) mass is 426 g/mol. The maximum absolute atomic E-state index is 13.4. The van der Waals surface area contributed by atoms with Crippen LogP contribution in [-0.4, -0.2) is 23.0 Å². The van der Waals surface area contributed by atoms with Crippen LogP contribution in [0.5, 0.6) is 0 Å². The number of hydrogen-bond donors (Lipinski definition) is 3. The van der Waals surface area contributed by atoms with Gasteiger partial charge in [0, 0.05) is 6.42 Å². The maximum atomic E-state index is 13.4. The van der Waals surface area contributed by atoms with Crippen LogP contribution in [0.25, 0.3) is 0 Å². The predicted molar refractivity (Wildman–Crippen MR) is 90.7 cm³/mol. The number of benzene rings is 2. The Balaban J connectivity index is 2.14. The molecule has 7 nitrogen and oxygen atoms in total. The molecule has 0 aromatic heterocycles. The zero-order chi connectivity index (χ0) is 24.4. The lowest BCUT2D eigenvalue weighted by Crippen LogP contribution is -2.46. The molecule has 1 atom stereocenters. The largest absolute Gasteiger partial charge is 0.417 e. The summed E-state index contributed by atoms with van der Waals surface area (Å²) in [5, 5.41) is 7.26. The van der Waals surface area contributed by atoms with Crippen LogP contribution in [0.3, 0.4) is 0 Å². The van der Waals surface area contributed by atoms with E-state index in [2.05, 4.69) is 10.0 Å². The topological polar surface area (TPSA) is 118 Å². The molecule has 1 aliphatic rings. The Labute approximate surface area is 160 Å². The molecule has 146 valence electrons. The first-order valence-electron chi connectivity index (χ1n) is 9.58. The van der Waals surface area contributed by atoms with E-state index in [0.717, 1.165) is 0 Å². The van der Waals surface area contributed by atoms with Crippen molar-refractivity contribution >= 4 is 25.7 Å². The smallest absolute Gasteiger partial charge is 0.368 e. The number of sulfonamides is 2. The van der Waals surface area contributed by atoms with E-state index >= 15 is 0 Å². The minimum Gasteiger partial charge on any atom is -0.368 e. The molecule has 0 aliphatic carbocycles. The summed E-state index contributed by atoms with van der Waals surface area (Å²) in [5.41, 5.74) is -2.57. The number of anilines is 1. The average Bonchev–Trinajstić information content (AvgIpc) is 2.65. The van der Waals surface area contributed by atoms with Crippen LogP contribution in [0.15, 0.2) is 52.1 Å². The van der Waals surface area contributed by atoms with E-state index in [1.807, 2.05) is 0 Å². The molecule has 2 aromatic rings. The zero-order valence-electron chi connectivity index (χ0n) is 18.1. The molecule has 0 amide bonds. The minimum absolute atomic E-state index is 0.280. The number of primary sulfonamides is 1. The Morgan fingerprint density at radius 1 is 1.19 bits per heavy atom. The van der Waals surface area contributed by atoms with E-state index in [9.17, 15) is 30.0 Å². The van der Waals surface area contributed by atoms with E-state index < -0.39 is 90.1 Å². The van der Waals surface area contributed by atoms with Gasteiger partial charge < -0.3 is 5.32 Å². The van der Waals surface area contributed by atoms with Crippen molar-refractivity contribution in [1.82, 2.24) is 4.72 Å². The Hall–Kier alpha value is -2.15. The predicted octanol–water partition coefficient (Wildman–Crippen LogP) is 1.63. The molecule has 3 rings (SSSR count). The molecule has 1 aliphatic heterocycles. The second-order valence-electron chi connectivity index (χ2n) is 5.51. The van der Waals surface area contributed by atoms with E-state index in [0.29, 0.717) is 0 Å². The molecule has 0 spiro atoms. The van der Waals surface area contributed by atoms with Gasteiger partial charge in [-0.1, -0.05) is 30.2 Å². The van der Waals surface area contributed by atoms with Gasteiger partial charge in [0.1, 0.15) is 4.90 Å². The van der Waals surface area contributed by atoms with Crippen molar-refractivity contribution in [3.8, 4) is 0 Å². The maximum Gasteiger partial charge on any atom is 0.417 e. The SMILES string of the molecule is [2H]c1c([2H])c([2H])c(CC2Nc3cc(C(F)(F)F)c(S(N)(=O)=O)cc3S(=O)(=O)N2)c([2H])c1[2H]. The zero-order valence-corrected chi connectivity index (χ0v) is 14.7. The molecule has 1 unspecified atom stereocenters. The molecule has 0 bridgehead atoms. The number of nitrogens with two attached hydrogens (primary N) is 1. The van der Waals surface area contributed by atoms with Crippen LogP contribution < -0.4 is 15.2 Å². The van der Waals surface area contributed by atoms with Crippen LogP contribution in [0.4, 0.5) is 18.9 Å². The lowest BCUT2D eigenvalue weighted by Gasteiger charge is -2.29. The van der Waals surface area contributed by atoms with Gasteiger partial charge in [0.05, 0.1) is 29.2 Å². The number of fused-ring (bicyclic) bond motifs is 1. The van der Waals surface area contributed by atoms with E-state index in [1.165, 1.54) is 0 Å². The summed E-state index contributed by atoms with van der Waals surface area (Å²) in [6.07, 6.45) is -7.11. The molecule has 2 aromatic carbocycles. The number of alkyl halides is 3. The number of hydrogen-bond acceptors (Lipinski definition) is 5. The number of rotatable bonds is 3. The van der Waals surface area contributed by atoms with Crippen LogP contribution in [-0.2, 0) is 32.6 Å². The van der Waals surface area contributed by atoms with Gasteiger partial charge in [0.25, 0.3) is 0 Å². The highest BCUT2D eigenvalue weighted by Gasteiger charge is 2.40. The Morgan fingerprint density at radius 2 is 1.81 bits per heavy atom. The van der Waals surface area contributed by atoms with Gasteiger partial charge in [0.15, 0.2) is 0 Å². The minimum atomic E-state index is -5.19. The third-order valence-electron chi connectivity index (χ3n) is 3.57. The van der Waals surface area contributed by atoms with E-state index in [1.54, 1.807) is 0 Å². The fraction of sp³-hybridized carbons (Fsp3) is 0.200. The van der Waals surface area contributed by atoms with Gasteiger partial charge in [-0.3, -0.25) is 0 Å². The first-order valence-corrected chi connectivity index (χ1v) is 10.1. The molecule has 0 saturated heterocycles. The van der Waals surface area contributed by atoms with Crippen molar-refractivity contribution in [2.75, 3.05) is 5.32 Å². The molecule has 0 saturated carbocycles. The standard InChI is InChI=1S/C15H14F3N3O4S2/c16-15(17,18)10-7-11-13(8-12(10)26(19,22)23)27(24,25)21-14(20-11)6-9-4-2-1-3-5-9/h1-5,7-8,14,20-21H,6H2,(H2,19,22,23)/i1D,2D,3D,4D,5D. The van der Waals surface area contributed by atoms with E-state index in [-0.39, 0.29) is 17.7 Å². The fourth-order valence-corrected chi connectivity index (χ4v) is 4.66. The average molecular weight is 426 g/mol. The van der Waals surface area contributed by atoms with E-state index in [4.69, 9.17) is 12.0 Å². The van der Waals surface area contributed by atoms with Gasteiger partial charge in [-0.15, -0.1) is 0 Å². The van der Waals surface area contributed by atoms with Crippen molar-refractivity contribution in [1.29, 1.82) is 0 Å². The molecular weight excluding hydrogens is 407 g/mol. The van der Waals surface area contributed by atoms with Crippen molar-refractivity contribution in [2.45, 2.75) is 28.6 Å². The van der Waals surface area contributed by atoms with Gasteiger partial charge in [-0.05, 0) is 17.7 Å². The Kier molecular flexibility index (Phi) is 3.34. The van der Waals surface area contributed by atoms with Gasteiger partial charge >= 0.3 is 6.18 Å². The van der Waals surface area contributed by atoms with Crippen molar-refractivity contribution in [3.05, 3.63) is 53.5 Å². The highest BCUT2D eigenvalue weighted by atomic mass is 32.2. The first-order chi connectivity index (χ1) is 14.4. The molecule has 4 N–H and O–H groups in total. The molecular formula is C15H14F3N3O4S2. The first kappa shape index (κ1) is 13.9. The summed E-state index contributed by atoms with van der Waals surface area (Å²) >= 11 is 0. The lowest BCUT2D eigenvalue weighted by molar-refractivity contribution is -0.139. The van der Waals surface area contributed by atoms with Crippen LogP contribution in [0.2, 0.25) is 0 Å². The van der Waals surface area contributed by atoms with Crippen molar-refractivity contribution < 1.29 is 36.9 Å². The number of halogens is 3. The molecule has 0 fully saturated rings. The van der Waals surface area contributed by atoms with Gasteiger partial charge in [0.2, 0.25) is 20.0 Å². The molecule has 12 heteroatoms. The Morgan fingerprint density at radius 3 is 2.37 bits per heavy atom. The third kappa shape index (κ3) is 4.08.